The number of hydrogen-bond donors (Lipinski definition) is 3. The highest BCUT2D eigenvalue weighted by molar-refractivity contribution is 5.95. The molecule has 10 nitrogen and oxygen atoms in total. The van der Waals surface area contributed by atoms with Crippen LogP contribution in [0.1, 0.15) is 54.4 Å². The molecule has 3 aliphatic rings. The molecule has 3 fully saturated rings. The van der Waals surface area contributed by atoms with Crippen LogP contribution in [0.5, 0.6) is 0 Å². The van der Waals surface area contributed by atoms with E-state index in [9.17, 15) is 24.0 Å². The van der Waals surface area contributed by atoms with Crippen LogP contribution >= 0.6 is 0 Å². The summed E-state index contributed by atoms with van der Waals surface area (Å²) in [6.07, 6.45) is 0.719. The number of methoxy groups -OCH3 is 1. The zero-order valence-electron chi connectivity index (χ0n) is 21.2. The summed E-state index contributed by atoms with van der Waals surface area (Å²) in [5.74, 6) is -2.12. The van der Waals surface area contributed by atoms with Crippen molar-refractivity contribution in [2.45, 2.75) is 72.5 Å². The molecular weight excluding hydrogens is 440 g/mol. The number of fused-ring (bicyclic) bond motifs is 1. The van der Waals surface area contributed by atoms with Crippen molar-refractivity contribution >= 4 is 29.6 Å². The number of likely N-dealkylation sites (tertiary alicyclic amines) is 1. The van der Waals surface area contributed by atoms with Gasteiger partial charge in [0.15, 0.2) is 0 Å². The van der Waals surface area contributed by atoms with Gasteiger partial charge in [-0.05, 0) is 35.5 Å². The number of esters is 1. The number of rotatable bonds is 7. The predicted octanol–water partition coefficient (Wildman–Crippen LogP) is 0.204. The average molecular weight is 479 g/mol. The minimum atomic E-state index is -0.988. The molecule has 0 aromatic rings. The summed E-state index contributed by atoms with van der Waals surface area (Å²) < 4.78 is 4.89. The van der Waals surface area contributed by atoms with Gasteiger partial charge in [0.05, 0.1) is 7.11 Å². The molecule has 4 amide bonds. The summed E-state index contributed by atoms with van der Waals surface area (Å²) >= 11 is 0. The number of carbonyl (C=O) groups is 5. The molecule has 0 unspecified atom stereocenters. The first-order chi connectivity index (χ1) is 15.7. The largest absolute Gasteiger partial charge is 0.467 e. The van der Waals surface area contributed by atoms with E-state index in [1.54, 1.807) is 4.90 Å². The Morgan fingerprint density at radius 2 is 1.85 bits per heavy atom. The number of ether oxygens (including phenoxy) is 1. The van der Waals surface area contributed by atoms with Crippen LogP contribution in [0.4, 0.5) is 0 Å². The van der Waals surface area contributed by atoms with Gasteiger partial charge in [-0.3, -0.25) is 19.2 Å². The van der Waals surface area contributed by atoms with E-state index in [0.29, 0.717) is 19.5 Å². The number of carbonyl (C=O) groups excluding carboxylic acids is 5. The van der Waals surface area contributed by atoms with Crippen LogP contribution in [-0.2, 0) is 28.7 Å². The number of amides is 4. The summed E-state index contributed by atoms with van der Waals surface area (Å²) in [5.41, 5.74) is -0.674. The van der Waals surface area contributed by atoms with Gasteiger partial charge in [0.25, 0.3) is 0 Å². The Morgan fingerprint density at radius 3 is 2.35 bits per heavy atom. The molecule has 3 N–H and O–H groups in total. The lowest BCUT2D eigenvalue weighted by Crippen LogP contribution is -2.60. The maximum atomic E-state index is 13.6. The summed E-state index contributed by atoms with van der Waals surface area (Å²) in [6, 6.07) is -2.55. The quantitative estimate of drug-likeness (QED) is 0.448. The minimum Gasteiger partial charge on any atom is -0.467 e. The molecule has 10 heteroatoms. The van der Waals surface area contributed by atoms with Crippen molar-refractivity contribution in [2.75, 3.05) is 20.2 Å². The number of piperidine rings is 1. The van der Waals surface area contributed by atoms with Crippen molar-refractivity contribution in [1.82, 2.24) is 20.9 Å². The lowest BCUT2D eigenvalue weighted by atomic mass is 9.85. The Kier molecular flexibility index (Phi) is 7.01. The van der Waals surface area contributed by atoms with Gasteiger partial charge in [-0.15, -0.1) is 0 Å². The van der Waals surface area contributed by atoms with E-state index < -0.39 is 35.4 Å². The maximum Gasteiger partial charge on any atom is 0.328 e. The van der Waals surface area contributed by atoms with Crippen molar-refractivity contribution in [3.8, 4) is 0 Å². The van der Waals surface area contributed by atoms with Crippen molar-refractivity contribution < 1.29 is 28.7 Å². The van der Waals surface area contributed by atoms with Crippen LogP contribution < -0.4 is 16.0 Å². The molecule has 6 atom stereocenters. The van der Waals surface area contributed by atoms with Crippen molar-refractivity contribution in [2.24, 2.45) is 28.6 Å². The minimum absolute atomic E-state index is 0.0533. The third-order valence-corrected chi connectivity index (χ3v) is 7.71. The highest BCUT2D eigenvalue weighted by atomic mass is 16.5. The van der Waals surface area contributed by atoms with Crippen molar-refractivity contribution in [3.63, 3.8) is 0 Å². The highest BCUT2D eigenvalue weighted by Gasteiger charge is 2.69. The zero-order valence-corrected chi connectivity index (χ0v) is 21.2. The molecule has 0 aromatic carbocycles. The van der Waals surface area contributed by atoms with E-state index in [1.165, 1.54) is 14.0 Å². The Hall–Kier alpha value is -2.65. The van der Waals surface area contributed by atoms with E-state index >= 15 is 0 Å². The van der Waals surface area contributed by atoms with Crippen LogP contribution in [0.25, 0.3) is 0 Å². The molecule has 2 heterocycles. The van der Waals surface area contributed by atoms with E-state index in [0.717, 1.165) is 0 Å². The van der Waals surface area contributed by atoms with Crippen LogP contribution in [-0.4, -0.2) is 72.8 Å². The third-order valence-electron chi connectivity index (χ3n) is 7.71. The van der Waals surface area contributed by atoms with Gasteiger partial charge >= 0.3 is 5.97 Å². The van der Waals surface area contributed by atoms with Crippen LogP contribution in [0.15, 0.2) is 0 Å². The summed E-state index contributed by atoms with van der Waals surface area (Å²) in [7, 11) is 1.24. The Morgan fingerprint density at radius 1 is 1.21 bits per heavy atom. The molecule has 1 saturated carbocycles. The van der Waals surface area contributed by atoms with Gasteiger partial charge in [-0.1, -0.05) is 34.6 Å². The summed E-state index contributed by atoms with van der Waals surface area (Å²) in [6.45, 7) is 12.0. The van der Waals surface area contributed by atoms with E-state index in [1.807, 2.05) is 20.8 Å². The number of nitrogens with one attached hydrogen (secondary N) is 3. The molecule has 2 saturated heterocycles. The van der Waals surface area contributed by atoms with Gasteiger partial charge in [0.1, 0.15) is 18.1 Å². The molecule has 34 heavy (non-hydrogen) atoms. The first-order valence-corrected chi connectivity index (χ1v) is 11.9. The number of hydrogen-bond acceptors (Lipinski definition) is 6. The van der Waals surface area contributed by atoms with Gasteiger partial charge in [0.2, 0.25) is 23.6 Å². The van der Waals surface area contributed by atoms with Crippen LogP contribution in [0, 0.1) is 28.6 Å². The van der Waals surface area contributed by atoms with Crippen molar-refractivity contribution in [3.05, 3.63) is 0 Å². The molecule has 0 spiro atoms. The zero-order chi connectivity index (χ0) is 25.6. The second kappa shape index (κ2) is 9.19. The SMILES string of the molecule is COC(=O)[C@H](C[C@@H]1CCNC1=O)NC(=O)[C@@H]1[C@@H]2[C@H](CN1C(=O)[C@@H](NC(C)=O)C(C)(C)C)C2(C)C. The molecule has 0 bridgehead atoms. The third kappa shape index (κ3) is 4.90. The number of nitrogens with zero attached hydrogens (tertiary/aromatic N) is 1. The van der Waals surface area contributed by atoms with E-state index in [-0.39, 0.29) is 47.3 Å². The Bertz CT molecular complexity index is 879. The highest BCUT2D eigenvalue weighted by Crippen LogP contribution is 2.65. The normalized spacial score (nSPS) is 28.9. The predicted molar refractivity (Wildman–Crippen MR) is 123 cm³/mol. The molecule has 0 aromatic heterocycles. The van der Waals surface area contributed by atoms with Crippen LogP contribution in [0.2, 0.25) is 0 Å². The summed E-state index contributed by atoms with van der Waals surface area (Å²) in [4.78, 5) is 65.0. The molecule has 2 aliphatic heterocycles. The lowest BCUT2D eigenvalue weighted by molar-refractivity contribution is -0.149. The fraction of sp³-hybridized carbons (Fsp3) is 0.792. The fourth-order valence-corrected chi connectivity index (χ4v) is 5.60. The Labute approximate surface area is 200 Å². The standard InChI is InChI=1S/C24H38N4O6/c1-12(29)26-18(23(2,3)4)21(32)28-11-14-16(24(14,5)6)17(28)20(31)27-15(22(33)34-7)10-13-8-9-25-19(13)30/h13-18H,8-11H2,1-7H3,(H,25,30)(H,26,29)(H,27,31)/t13-,14-,15-,16-,17-,18+/m0/s1. The van der Waals surface area contributed by atoms with Gasteiger partial charge in [0, 0.05) is 25.9 Å². The topological polar surface area (TPSA) is 134 Å². The van der Waals surface area contributed by atoms with Gasteiger partial charge in [-0.2, -0.15) is 0 Å². The fourth-order valence-electron chi connectivity index (χ4n) is 5.60. The van der Waals surface area contributed by atoms with E-state index in [4.69, 9.17) is 4.74 Å². The first kappa shape index (κ1) is 26.0. The Balaban J connectivity index is 1.83. The molecular formula is C24H38N4O6. The first-order valence-electron chi connectivity index (χ1n) is 11.9. The van der Waals surface area contributed by atoms with Crippen LogP contribution in [0.3, 0.4) is 0 Å². The van der Waals surface area contributed by atoms with Crippen molar-refractivity contribution in [1.29, 1.82) is 0 Å². The smallest absolute Gasteiger partial charge is 0.328 e. The second-order valence-electron chi connectivity index (χ2n) is 11.5. The second-order valence-corrected chi connectivity index (χ2v) is 11.5. The average Bonchev–Trinajstić information content (AvgIpc) is 3.10. The monoisotopic (exact) mass is 478 g/mol. The van der Waals surface area contributed by atoms with Gasteiger partial charge in [-0.25, -0.2) is 4.79 Å². The molecule has 0 radical (unpaired) electrons. The van der Waals surface area contributed by atoms with Gasteiger partial charge < -0.3 is 25.6 Å². The van der Waals surface area contributed by atoms with E-state index in [2.05, 4.69) is 29.8 Å². The maximum absolute atomic E-state index is 13.6. The summed E-state index contributed by atoms with van der Waals surface area (Å²) in [5, 5.41) is 8.27. The lowest BCUT2D eigenvalue weighted by Gasteiger charge is -2.37. The molecule has 3 rings (SSSR count). The molecule has 1 aliphatic carbocycles. The molecule has 190 valence electrons.